The van der Waals surface area contributed by atoms with Crippen LogP contribution in [0.3, 0.4) is 0 Å². The molecule has 0 aliphatic rings. The summed E-state index contributed by atoms with van der Waals surface area (Å²) in [7, 11) is 0. The number of carbonyl (C=O) groups excluding carboxylic acids is 1. The Morgan fingerprint density at radius 3 is 2.94 bits per heavy atom. The van der Waals surface area contributed by atoms with Crippen molar-refractivity contribution >= 4 is 16.9 Å². The van der Waals surface area contributed by atoms with Gasteiger partial charge in [-0.05, 0) is 18.2 Å². The van der Waals surface area contributed by atoms with Crippen LogP contribution >= 0.6 is 0 Å². The number of hydrogen-bond acceptors (Lipinski definition) is 4. The molecular formula is C12H14N4O2. The van der Waals surface area contributed by atoms with E-state index in [0.717, 1.165) is 0 Å². The molecule has 2 rings (SSSR count). The van der Waals surface area contributed by atoms with Crippen molar-refractivity contribution in [3.63, 3.8) is 0 Å². The number of hydrogen-bond donors (Lipinski definition) is 2. The minimum Gasteiger partial charge on any atom is -0.395 e. The van der Waals surface area contributed by atoms with Crippen molar-refractivity contribution < 1.29 is 9.90 Å². The van der Waals surface area contributed by atoms with Crippen LogP contribution in [0.4, 0.5) is 0 Å². The Labute approximate surface area is 104 Å². The summed E-state index contributed by atoms with van der Waals surface area (Å²) in [6.07, 6.45) is 1.63. The molecule has 0 saturated heterocycles. The molecule has 0 unspecified atom stereocenters. The summed E-state index contributed by atoms with van der Waals surface area (Å²) in [5, 5.41) is 19.3. The van der Waals surface area contributed by atoms with Gasteiger partial charge >= 0.3 is 0 Å². The van der Waals surface area contributed by atoms with Gasteiger partial charge in [-0.2, -0.15) is 15.4 Å². The first kappa shape index (κ1) is 12.3. The first-order valence-electron chi connectivity index (χ1n) is 5.58. The number of aromatic amines is 1. The van der Waals surface area contributed by atoms with Crippen molar-refractivity contribution in [1.29, 1.82) is 0 Å². The van der Waals surface area contributed by atoms with E-state index in [4.69, 9.17) is 5.11 Å². The molecule has 6 heteroatoms. The normalized spacial score (nSPS) is 10.5. The predicted molar refractivity (Wildman–Crippen MR) is 67.1 cm³/mol. The van der Waals surface area contributed by atoms with E-state index in [2.05, 4.69) is 22.0 Å². The Kier molecular flexibility index (Phi) is 3.69. The van der Waals surface area contributed by atoms with Crippen molar-refractivity contribution in [3.05, 3.63) is 36.4 Å². The molecule has 0 spiro atoms. The maximum absolute atomic E-state index is 12.2. The number of nitrogens with one attached hydrogen (secondary N) is 1. The van der Waals surface area contributed by atoms with Crippen LogP contribution in [0.5, 0.6) is 0 Å². The number of amides is 1. The zero-order valence-corrected chi connectivity index (χ0v) is 9.83. The fourth-order valence-corrected chi connectivity index (χ4v) is 1.71. The lowest BCUT2D eigenvalue weighted by Crippen LogP contribution is -2.33. The van der Waals surface area contributed by atoms with Gasteiger partial charge in [-0.15, -0.1) is 6.58 Å². The number of benzene rings is 1. The zero-order valence-electron chi connectivity index (χ0n) is 9.83. The molecule has 0 fully saturated rings. The zero-order chi connectivity index (χ0) is 13.0. The summed E-state index contributed by atoms with van der Waals surface area (Å²) >= 11 is 0. The maximum atomic E-state index is 12.2. The van der Waals surface area contributed by atoms with Gasteiger partial charge in [-0.3, -0.25) is 4.79 Å². The Morgan fingerprint density at radius 1 is 1.44 bits per heavy atom. The molecule has 1 aromatic carbocycles. The lowest BCUT2D eigenvalue weighted by atomic mass is 10.1. The number of aliphatic hydroxyl groups excluding tert-OH is 1. The Morgan fingerprint density at radius 2 is 2.22 bits per heavy atom. The molecule has 0 aliphatic heterocycles. The fraction of sp³-hybridized carbons (Fsp3) is 0.250. The molecule has 6 nitrogen and oxygen atoms in total. The third kappa shape index (κ3) is 2.38. The van der Waals surface area contributed by atoms with E-state index >= 15 is 0 Å². The third-order valence-corrected chi connectivity index (χ3v) is 2.57. The van der Waals surface area contributed by atoms with Gasteiger partial charge in [-0.25, -0.2) is 0 Å². The van der Waals surface area contributed by atoms with Gasteiger partial charge in [-0.1, -0.05) is 6.08 Å². The average Bonchev–Trinajstić information content (AvgIpc) is 2.84. The van der Waals surface area contributed by atoms with Crippen LogP contribution in [0.2, 0.25) is 0 Å². The van der Waals surface area contributed by atoms with Crippen molar-refractivity contribution in [2.24, 2.45) is 0 Å². The summed E-state index contributed by atoms with van der Waals surface area (Å²) in [5.74, 6) is -0.158. The molecule has 0 radical (unpaired) electrons. The minimum absolute atomic E-state index is 0.0776. The molecule has 1 aromatic heterocycles. The highest BCUT2D eigenvalue weighted by atomic mass is 16.3. The number of H-pyrrole nitrogens is 1. The number of aromatic nitrogens is 3. The molecule has 94 valence electrons. The average molecular weight is 246 g/mol. The molecular weight excluding hydrogens is 232 g/mol. The van der Waals surface area contributed by atoms with Crippen LogP contribution < -0.4 is 0 Å². The number of carbonyl (C=O) groups is 1. The highest BCUT2D eigenvalue weighted by Gasteiger charge is 2.14. The quantitative estimate of drug-likeness (QED) is 0.756. The summed E-state index contributed by atoms with van der Waals surface area (Å²) in [5.41, 5.74) is 1.87. The Bertz CT molecular complexity index is 564. The second-order valence-corrected chi connectivity index (χ2v) is 3.79. The van der Waals surface area contributed by atoms with Gasteiger partial charge in [0.05, 0.1) is 6.61 Å². The number of rotatable bonds is 5. The second kappa shape index (κ2) is 5.42. The molecule has 1 amide bonds. The second-order valence-electron chi connectivity index (χ2n) is 3.79. The van der Waals surface area contributed by atoms with Gasteiger partial charge in [0.1, 0.15) is 11.0 Å². The third-order valence-electron chi connectivity index (χ3n) is 2.57. The minimum atomic E-state index is -0.158. The first-order chi connectivity index (χ1) is 8.76. The molecule has 0 saturated carbocycles. The maximum Gasteiger partial charge on any atom is 0.254 e. The van der Waals surface area contributed by atoms with Crippen LogP contribution in [-0.4, -0.2) is 51.0 Å². The lowest BCUT2D eigenvalue weighted by Gasteiger charge is -2.19. The van der Waals surface area contributed by atoms with E-state index in [1.54, 1.807) is 24.3 Å². The van der Waals surface area contributed by atoms with Crippen molar-refractivity contribution in [2.45, 2.75) is 0 Å². The predicted octanol–water partition coefficient (Wildman–Crippen LogP) is 0.578. The molecule has 2 N–H and O–H groups in total. The number of nitrogens with zero attached hydrogens (tertiary/aromatic N) is 3. The summed E-state index contributed by atoms with van der Waals surface area (Å²) in [6.45, 7) is 4.20. The van der Waals surface area contributed by atoms with E-state index < -0.39 is 0 Å². The molecule has 18 heavy (non-hydrogen) atoms. The molecule has 1 heterocycles. The highest BCUT2D eigenvalue weighted by molar-refractivity contribution is 5.97. The van der Waals surface area contributed by atoms with Gasteiger partial charge < -0.3 is 10.0 Å². The van der Waals surface area contributed by atoms with Crippen LogP contribution in [-0.2, 0) is 0 Å². The summed E-state index contributed by atoms with van der Waals surface area (Å²) in [6, 6.07) is 5.10. The standard InChI is InChI=1S/C12H14N4O2/c1-2-5-16(6-7-17)12(18)9-3-4-10-11(8-9)14-15-13-10/h2-4,8,17H,1,5-7H2,(H,13,14,15). The summed E-state index contributed by atoms with van der Waals surface area (Å²) in [4.78, 5) is 13.7. The van der Waals surface area contributed by atoms with E-state index in [1.807, 2.05) is 0 Å². The van der Waals surface area contributed by atoms with Gasteiger partial charge in [0.25, 0.3) is 5.91 Å². The monoisotopic (exact) mass is 246 g/mol. The van der Waals surface area contributed by atoms with Crippen LogP contribution in [0.25, 0.3) is 11.0 Å². The van der Waals surface area contributed by atoms with E-state index in [-0.39, 0.29) is 19.1 Å². The Balaban J connectivity index is 2.27. The number of aliphatic hydroxyl groups is 1. The van der Waals surface area contributed by atoms with E-state index in [1.165, 1.54) is 4.90 Å². The first-order valence-corrected chi connectivity index (χ1v) is 5.58. The van der Waals surface area contributed by atoms with E-state index in [0.29, 0.717) is 23.1 Å². The molecule has 0 aliphatic carbocycles. The van der Waals surface area contributed by atoms with Crippen LogP contribution in [0.1, 0.15) is 10.4 Å². The van der Waals surface area contributed by atoms with Crippen molar-refractivity contribution in [1.82, 2.24) is 20.3 Å². The van der Waals surface area contributed by atoms with Crippen LogP contribution in [0.15, 0.2) is 30.9 Å². The lowest BCUT2D eigenvalue weighted by molar-refractivity contribution is 0.0743. The van der Waals surface area contributed by atoms with Crippen molar-refractivity contribution in [3.8, 4) is 0 Å². The molecule has 0 bridgehead atoms. The largest absolute Gasteiger partial charge is 0.395 e. The van der Waals surface area contributed by atoms with Gasteiger partial charge in [0.2, 0.25) is 0 Å². The number of fused-ring (bicyclic) bond motifs is 1. The van der Waals surface area contributed by atoms with Gasteiger partial charge in [0.15, 0.2) is 0 Å². The Hall–Kier alpha value is -2.21. The fourth-order valence-electron chi connectivity index (χ4n) is 1.71. The SMILES string of the molecule is C=CCN(CCO)C(=O)c1ccc2n[nH]nc2c1. The highest BCUT2D eigenvalue weighted by Crippen LogP contribution is 2.12. The van der Waals surface area contributed by atoms with Crippen LogP contribution in [0, 0.1) is 0 Å². The summed E-state index contributed by atoms with van der Waals surface area (Å²) < 4.78 is 0. The van der Waals surface area contributed by atoms with E-state index in [9.17, 15) is 4.79 Å². The smallest absolute Gasteiger partial charge is 0.254 e. The van der Waals surface area contributed by atoms with Crippen molar-refractivity contribution in [2.75, 3.05) is 19.7 Å². The molecule has 0 atom stereocenters. The molecule has 2 aromatic rings. The van der Waals surface area contributed by atoms with Gasteiger partial charge in [0, 0.05) is 18.7 Å². The topological polar surface area (TPSA) is 82.1 Å².